The summed E-state index contributed by atoms with van der Waals surface area (Å²) in [5.41, 5.74) is 1.82. The molecule has 7 heteroatoms. The van der Waals surface area contributed by atoms with E-state index in [2.05, 4.69) is 0 Å². The summed E-state index contributed by atoms with van der Waals surface area (Å²) in [5, 5.41) is 9.13. The van der Waals surface area contributed by atoms with Crippen LogP contribution in [0.4, 0.5) is 4.39 Å². The molecule has 0 radical (unpaired) electrons. The second-order valence-electron chi connectivity index (χ2n) is 11.0. The number of nitrogens with zero attached hydrogens (tertiary/aromatic N) is 1. The van der Waals surface area contributed by atoms with Crippen molar-refractivity contribution in [2.75, 3.05) is 6.61 Å². The highest BCUT2D eigenvalue weighted by Gasteiger charge is 2.53. The second kappa shape index (κ2) is 10.1. The molecule has 0 atom stereocenters. The smallest absolute Gasteiger partial charge is 0.266 e. The molecule has 190 valence electrons. The first kappa shape index (κ1) is 24.4. The Labute approximate surface area is 221 Å². The number of carbonyl (C=O) groups excluding carboxylic acids is 1. The van der Waals surface area contributed by atoms with Crippen LogP contribution in [0, 0.1) is 29.5 Å². The number of thioether (sulfide) groups is 1. The molecule has 1 aliphatic heterocycles. The molecule has 1 N–H and O–H groups in total. The number of furan rings is 1. The first-order valence-electron chi connectivity index (χ1n) is 13.3. The summed E-state index contributed by atoms with van der Waals surface area (Å²) in [6.45, 7) is 0.187. The quantitative estimate of drug-likeness (QED) is 0.233. The minimum absolute atomic E-state index is 0.0217. The number of hydrogen-bond donors (Lipinski definition) is 1. The van der Waals surface area contributed by atoms with Gasteiger partial charge in [0.05, 0.1) is 4.91 Å². The molecule has 1 amide bonds. The molecule has 4 saturated carbocycles. The van der Waals surface area contributed by atoms with Crippen LogP contribution in [0.5, 0.6) is 0 Å². The summed E-state index contributed by atoms with van der Waals surface area (Å²) >= 11 is 7.17. The lowest BCUT2D eigenvalue weighted by molar-refractivity contribution is -0.130. The minimum Gasteiger partial charge on any atom is -0.456 e. The molecule has 36 heavy (non-hydrogen) atoms. The van der Waals surface area contributed by atoms with Gasteiger partial charge in [0, 0.05) is 24.3 Å². The van der Waals surface area contributed by atoms with Crippen molar-refractivity contribution in [2.45, 2.75) is 63.8 Å². The standard InChI is InChI=1S/C29H32FNO3S2/c30-23-7-5-19(6-8-23)24-15-20(4-2-1-3-9-32)25(34-24)16-26-28(33)31(29(35)36-26)27-21-11-17-10-18(13-21)14-22(27)12-17/h5-8,15-18,21-22,27,32H,1-4,9-14H2/b26-16+. The highest BCUT2D eigenvalue weighted by molar-refractivity contribution is 8.26. The Morgan fingerprint density at radius 3 is 2.42 bits per heavy atom. The summed E-state index contributed by atoms with van der Waals surface area (Å²) < 4.78 is 20.4. The Balaban J connectivity index is 1.27. The molecule has 5 fully saturated rings. The van der Waals surface area contributed by atoms with Gasteiger partial charge in [0.15, 0.2) is 0 Å². The van der Waals surface area contributed by atoms with E-state index in [1.165, 1.54) is 56.0 Å². The molecule has 1 saturated heterocycles. The number of carbonyl (C=O) groups is 1. The highest BCUT2D eigenvalue weighted by Crippen LogP contribution is 2.56. The number of amides is 1. The maximum atomic E-state index is 13.7. The van der Waals surface area contributed by atoms with Crippen molar-refractivity contribution < 1.29 is 18.7 Å². The largest absolute Gasteiger partial charge is 0.456 e. The number of aliphatic hydroxyl groups is 1. The minimum atomic E-state index is -0.289. The van der Waals surface area contributed by atoms with Crippen LogP contribution in [-0.4, -0.2) is 32.9 Å². The molecular weight excluding hydrogens is 493 g/mol. The number of aliphatic hydroxyl groups excluding tert-OH is 1. The third kappa shape index (κ3) is 4.59. The zero-order valence-electron chi connectivity index (χ0n) is 20.3. The average molecular weight is 526 g/mol. The molecule has 1 aromatic heterocycles. The van der Waals surface area contributed by atoms with Crippen molar-refractivity contribution in [3.8, 4) is 11.3 Å². The van der Waals surface area contributed by atoms with E-state index in [4.69, 9.17) is 21.7 Å². The van der Waals surface area contributed by atoms with Gasteiger partial charge in [-0.05, 0) is 111 Å². The van der Waals surface area contributed by atoms with Crippen LogP contribution in [-0.2, 0) is 11.2 Å². The molecule has 5 aliphatic rings. The summed E-state index contributed by atoms with van der Waals surface area (Å²) in [5.74, 6) is 3.92. The molecule has 4 nitrogen and oxygen atoms in total. The van der Waals surface area contributed by atoms with Crippen molar-refractivity contribution in [3.63, 3.8) is 0 Å². The van der Waals surface area contributed by atoms with Gasteiger partial charge in [-0.1, -0.05) is 30.4 Å². The van der Waals surface area contributed by atoms with Crippen LogP contribution in [0.2, 0.25) is 0 Å². The first-order valence-corrected chi connectivity index (χ1v) is 14.5. The monoisotopic (exact) mass is 525 g/mol. The lowest BCUT2D eigenvalue weighted by atomic mass is 9.54. The number of aryl methyl sites for hydroxylation is 1. The SMILES string of the molecule is O=C1/C(=C\c2oc(-c3ccc(F)cc3)cc2CCCCCO)SC(=S)N1C1C2CC3CC(C2)CC1C3. The van der Waals surface area contributed by atoms with Crippen molar-refractivity contribution >= 4 is 40.3 Å². The maximum absolute atomic E-state index is 13.7. The van der Waals surface area contributed by atoms with Gasteiger partial charge < -0.3 is 9.52 Å². The Morgan fingerprint density at radius 1 is 1.06 bits per heavy atom. The number of benzene rings is 1. The molecule has 2 heterocycles. The van der Waals surface area contributed by atoms with Crippen LogP contribution in [0.25, 0.3) is 17.4 Å². The molecule has 4 aliphatic carbocycles. The second-order valence-corrected chi connectivity index (χ2v) is 12.7. The van der Waals surface area contributed by atoms with E-state index in [-0.39, 0.29) is 24.4 Å². The number of hydrogen-bond acceptors (Lipinski definition) is 5. The fraction of sp³-hybridized carbons (Fsp3) is 0.517. The third-order valence-electron chi connectivity index (χ3n) is 8.64. The van der Waals surface area contributed by atoms with Gasteiger partial charge in [0.1, 0.15) is 21.7 Å². The van der Waals surface area contributed by atoms with Crippen LogP contribution in [0.1, 0.15) is 62.7 Å². The fourth-order valence-electron chi connectivity index (χ4n) is 7.29. The number of halogens is 1. The van der Waals surface area contributed by atoms with E-state index in [0.717, 1.165) is 48.6 Å². The van der Waals surface area contributed by atoms with Gasteiger partial charge in [0.25, 0.3) is 5.91 Å². The molecule has 7 rings (SSSR count). The summed E-state index contributed by atoms with van der Waals surface area (Å²) in [6.07, 6.45) is 11.6. The van der Waals surface area contributed by atoms with Gasteiger partial charge in [-0.15, -0.1) is 0 Å². The van der Waals surface area contributed by atoms with E-state index in [0.29, 0.717) is 32.6 Å². The van der Waals surface area contributed by atoms with Crippen molar-refractivity contribution in [3.05, 3.63) is 52.4 Å². The van der Waals surface area contributed by atoms with Crippen LogP contribution < -0.4 is 0 Å². The molecule has 0 unspecified atom stereocenters. The van der Waals surface area contributed by atoms with Crippen molar-refractivity contribution in [1.29, 1.82) is 0 Å². The van der Waals surface area contributed by atoms with Gasteiger partial charge in [0.2, 0.25) is 0 Å². The van der Waals surface area contributed by atoms with E-state index < -0.39 is 0 Å². The molecular formula is C29H32FNO3S2. The van der Waals surface area contributed by atoms with Crippen LogP contribution in [0.3, 0.4) is 0 Å². The van der Waals surface area contributed by atoms with Gasteiger partial charge in [-0.3, -0.25) is 9.69 Å². The maximum Gasteiger partial charge on any atom is 0.266 e. The molecule has 2 aromatic rings. The Bertz CT molecular complexity index is 1160. The zero-order valence-corrected chi connectivity index (χ0v) is 22.0. The predicted octanol–water partition coefficient (Wildman–Crippen LogP) is 6.82. The summed E-state index contributed by atoms with van der Waals surface area (Å²) in [4.78, 5) is 16.3. The fourth-order valence-corrected chi connectivity index (χ4v) is 8.61. The number of thiocarbonyl (C=S) groups is 1. The van der Waals surface area contributed by atoms with Crippen molar-refractivity contribution in [2.24, 2.45) is 23.7 Å². The summed E-state index contributed by atoms with van der Waals surface area (Å²) in [7, 11) is 0. The normalized spacial score (nSPS) is 30.2. The van der Waals surface area contributed by atoms with E-state index in [1.54, 1.807) is 12.1 Å². The Kier molecular flexibility index (Phi) is 6.82. The van der Waals surface area contributed by atoms with Gasteiger partial charge in [-0.2, -0.15) is 0 Å². The first-order chi connectivity index (χ1) is 17.5. The Morgan fingerprint density at radius 2 is 1.75 bits per heavy atom. The highest BCUT2D eigenvalue weighted by atomic mass is 32.2. The molecule has 4 bridgehead atoms. The lowest BCUT2D eigenvalue weighted by Gasteiger charge is -2.56. The lowest BCUT2D eigenvalue weighted by Crippen LogP contribution is -2.57. The topological polar surface area (TPSA) is 53.7 Å². The van der Waals surface area contributed by atoms with Crippen LogP contribution in [0.15, 0.2) is 39.7 Å². The van der Waals surface area contributed by atoms with E-state index >= 15 is 0 Å². The van der Waals surface area contributed by atoms with E-state index in [9.17, 15) is 9.18 Å². The van der Waals surface area contributed by atoms with Crippen molar-refractivity contribution in [1.82, 2.24) is 4.90 Å². The average Bonchev–Trinajstić information content (AvgIpc) is 3.37. The zero-order chi connectivity index (χ0) is 24.8. The Hall–Kier alpha value is -1.96. The molecule has 1 aromatic carbocycles. The van der Waals surface area contributed by atoms with Crippen LogP contribution >= 0.6 is 24.0 Å². The third-order valence-corrected chi connectivity index (χ3v) is 9.97. The number of unbranched alkanes of at least 4 members (excludes halogenated alkanes) is 2. The van der Waals surface area contributed by atoms with E-state index in [1.807, 2.05) is 17.0 Å². The summed E-state index contributed by atoms with van der Waals surface area (Å²) in [6, 6.07) is 8.51. The number of rotatable bonds is 8. The molecule has 0 spiro atoms. The predicted molar refractivity (Wildman–Crippen MR) is 145 cm³/mol. The van der Waals surface area contributed by atoms with Gasteiger partial charge >= 0.3 is 0 Å². The van der Waals surface area contributed by atoms with Gasteiger partial charge in [-0.25, -0.2) is 4.39 Å².